The molecule has 0 unspecified atom stereocenters. The molecule has 1 aromatic heterocycles. The van der Waals surface area contributed by atoms with Gasteiger partial charge in [-0.3, -0.25) is 4.79 Å². The van der Waals surface area contributed by atoms with Crippen molar-refractivity contribution in [3.8, 4) is 0 Å². The summed E-state index contributed by atoms with van der Waals surface area (Å²) in [7, 11) is 4.01. The fraction of sp³-hybridized carbons (Fsp3) is 0.312. The normalized spacial score (nSPS) is 10.6. The maximum atomic E-state index is 12.0. The van der Waals surface area contributed by atoms with Gasteiger partial charge in [0.2, 0.25) is 0 Å². The Bertz CT molecular complexity index is 645. The lowest BCUT2D eigenvalue weighted by Crippen LogP contribution is -2.27. The lowest BCUT2D eigenvalue weighted by molar-refractivity contribution is 0.0947. The Morgan fingerprint density at radius 1 is 1.22 bits per heavy atom. The molecule has 0 atom stereocenters. The molecule has 2 N–H and O–H groups in total. The van der Waals surface area contributed by atoms with E-state index in [4.69, 9.17) is 0 Å². The monoisotopic (exact) mass is 377 g/mol. The molecule has 0 aliphatic carbocycles. The third-order valence-corrected chi connectivity index (χ3v) is 3.78. The summed E-state index contributed by atoms with van der Waals surface area (Å²) < 4.78 is 0.935. The van der Waals surface area contributed by atoms with E-state index in [-0.39, 0.29) is 5.91 Å². The van der Waals surface area contributed by atoms with Crippen molar-refractivity contribution in [2.45, 2.75) is 6.42 Å². The van der Waals surface area contributed by atoms with Gasteiger partial charge in [-0.15, -0.1) is 0 Å². The Balaban J connectivity index is 1.89. The number of para-hydroxylation sites is 1. The Kier molecular flexibility index (Phi) is 6.49. The van der Waals surface area contributed by atoms with Gasteiger partial charge in [-0.25, -0.2) is 9.97 Å². The summed E-state index contributed by atoms with van der Waals surface area (Å²) in [6, 6.07) is 7.73. The maximum Gasteiger partial charge on any atom is 0.271 e. The topological polar surface area (TPSA) is 70.2 Å². The fourth-order valence-electron chi connectivity index (χ4n) is 1.90. The molecule has 0 aliphatic rings. The second-order valence-corrected chi connectivity index (χ2v) is 6.16. The summed E-state index contributed by atoms with van der Waals surface area (Å²) in [6.07, 6.45) is 3.92. The molecule has 0 saturated heterocycles. The van der Waals surface area contributed by atoms with E-state index in [1.807, 2.05) is 38.4 Å². The highest BCUT2D eigenvalue weighted by molar-refractivity contribution is 9.10. The van der Waals surface area contributed by atoms with Gasteiger partial charge < -0.3 is 15.5 Å². The fourth-order valence-corrected chi connectivity index (χ4v) is 2.28. The number of amides is 1. The van der Waals surface area contributed by atoms with Crippen LogP contribution >= 0.6 is 15.9 Å². The van der Waals surface area contributed by atoms with E-state index in [1.54, 1.807) is 6.20 Å². The Hall–Kier alpha value is -1.99. The molecule has 7 heteroatoms. The van der Waals surface area contributed by atoms with Crippen molar-refractivity contribution >= 4 is 33.3 Å². The highest BCUT2D eigenvalue weighted by Gasteiger charge is 2.08. The van der Waals surface area contributed by atoms with Crippen LogP contribution in [0, 0.1) is 0 Å². The standard InChI is InChI=1S/C16H20BrN5O/c1-22(2)9-5-8-18-16(23)14-10-20-15(11-19-14)21-13-7-4-3-6-12(13)17/h3-4,6-7,10-11H,5,8-9H2,1-2H3,(H,18,23)(H,20,21). The molecule has 0 spiro atoms. The molecule has 2 rings (SSSR count). The molecule has 0 fully saturated rings. The number of halogens is 1. The number of hydrogen-bond donors (Lipinski definition) is 2. The number of hydrogen-bond acceptors (Lipinski definition) is 5. The Morgan fingerprint density at radius 3 is 2.65 bits per heavy atom. The van der Waals surface area contributed by atoms with E-state index in [9.17, 15) is 4.79 Å². The Morgan fingerprint density at radius 2 is 2.00 bits per heavy atom. The summed E-state index contributed by atoms with van der Waals surface area (Å²) >= 11 is 3.46. The number of aromatic nitrogens is 2. The van der Waals surface area contributed by atoms with Gasteiger partial charge in [0.1, 0.15) is 11.5 Å². The zero-order valence-corrected chi connectivity index (χ0v) is 14.8. The van der Waals surface area contributed by atoms with E-state index in [0.717, 1.165) is 23.1 Å². The van der Waals surface area contributed by atoms with Gasteiger partial charge in [-0.1, -0.05) is 12.1 Å². The predicted octanol–water partition coefficient (Wildman–Crippen LogP) is 2.66. The van der Waals surface area contributed by atoms with Gasteiger partial charge in [-0.2, -0.15) is 0 Å². The summed E-state index contributed by atoms with van der Waals surface area (Å²) in [4.78, 5) is 22.4. The molecule has 2 aromatic rings. The van der Waals surface area contributed by atoms with Gasteiger partial charge in [0, 0.05) is 11.0 Å². The lowest BCUT2D eigenvalue weighted by Gasteiger charge is -2.10. The summed E-state index contributed by atoms with van der Waals surface area (Å²) in [5, 5.41) is 5.98. The highest BCUT2D eigenvalue weighted by Crippen LogP contribution is 2.23. The SMILES string of the molecule is CN(C)CCCNC(=O)c1cnc(Nc2ccccc2Br)cn1. The number of nitrogens with zero attached hydrogens (tertiary/aromatic N) is 3. The van der Waals surface area contributed by atoms with Crippen LogP contribution in [-0.2, 0) is 0 Å². The summed E-state index contributed by atoms with van der Waals surface area (Å²) in [6.45, 7) is 1.55. The van der Waals surface area contributed by atoms with E-state index >= 15 is 0 Å². The van der Waals surface area contributed by atoms with Crippen LogP contribution in [0.1, 0.15) is 16.9 Å². The number of carbonyl (C=O) groups is 1. The first-order valence-electron chi connectivity index (χ1n) is 7.33. The van der Waals surface area contributed by atoms with Crippen LogP contribution in [0.3, 0.4) is 0 Å². The number of rotatable bonds is 7. The molecular weight excluding hydrogens is 358 g/mol. The van der Waals surface area contributed by atoms with Crippen molar-refractivity contribution in [2.24, 2.45) is 0 Å². The van der Waals surface area contributed by atoms with Crippen molar-refractivity contribution in [2.75, 3.05) is 32.5 Å². The predicted molar refractivity (Wildman–Crippen MR) is 95.0 cm³/mol. The van der Waals surface area contributed by atoms with Crippen molar-refractivity contribution in [1.29, 1.82) is 0 Å². The minimum atomic E-state index is -0.205. The van der Waals surface area contributed by atoms with Crippen LogP contribution in [0.5, 0.6) is 0 Å². The number of benzene rings is 1. The smallest absolute Gasteiger partial charge is 0.271 e. The molecular formula is C16H20BrN5O. The molecule has 0 aliphatic heterocycles. The summed E-state index contributed by atoms with van der Waals surface area (Å²) in [5.41, 5.74) is 1.20. The van der Waals surface area contributed by atoms with Crippen molar-refractivity contribution in [1.82, 2.24) is 20.2 Å². The van der Waals surface area contributed by atoms with Crippen molar-refractivity contribution in [3.05, 3.63) is 46.8 Å². The molecule has 0 saturated carbocycles. The third-order valence-electron chi connectivity index (χ3n) is 3.09. The van der Waals surface area contributed by atoms with Crippen molar-refractivity contribution in [3.63, 3.8) is 0 Å². The lowest BCUT2D eigenvalue weighted by atomic mass is 10.3. The molecule has 1 aromatic carbocycles. The van der Waals surface area contributed by atoms with Crippen LogP contribution in [0.4, 0.5) is 11.5 Å². The second-order valence-electron chi connectivity index (χ2n) is 5.30. The van der Waals surface area contributed by atoms with Gasteiger partial charge in [0.05, 0.1) is 18.1 Å². The molecule has 0 radical (unpaired) electrons. The minimum Gasteiger partial charge on any atom is -0.351 e. The largest absolute Gasteiger partial charge is 0.351 e. The first kappa shape index (κ1) is 17.4. The number of nitrogens with one attached hydrogen (secondary N) is 2. The number of anilines is 2. The molecule has 0 bridgehead atoms. The second kappa shape index (κ2) is 8.59. The zero-order chi connectivity index (χ0) is 16.7. The van der Waals surface area contributed by atoms with Crippen LogP contribution in [0.25, 0.3) is 0 Å². The first-order chi connectivity index (χ1) is 11.1. The van der Waals surface area contributed by atoms with Crippen LogP contribution < -0.4 is 10.6 Å². The van der Waals surface area contributed by atoms with Crippen LogP contribution in [-0.4, -0.2) is 48.0 Å². The van der Waals surface area contributed by atoms with E-state index in [1.165, 1.54) is 6.20 Å². The highest BCUT2D eigenvalue weighted by atomic mass is 79.9. The zero-order valence-electron chi connectivity index (χ0n) is 13.2. The maximum absolute atomic E-state index is 12.0. The molecule has 6 nitrogen and oxygen atoms in total. The van der Waals surface area contributed by atoms with Crippen LogP contribution in [0.2, 0.25) is 0 Å². The first-order valence-corrected chi connectivity index (χ1v) is 8.12. The molecule has 122 valence electrons. The van der Waals surface area contributed by atoms with E-state index in [2.05, 4.69) is 41.4 Å². The molecule has 1 amide bonds. The van der Waals surface area contributed by atoms with Gasteiger partial charge >= 0.3 is 0 Å². The third kappa shape index (κ3) is 5.61. The Labute approximate surface area is 144 Å². The number of carbonyl (C=O) groups excluding carboxylic acids is 1. The minimum absolute atomic E-state index is 0.205. The molecule has 23 heavy (non-hydrogen) atoms. The van der Waals surface area contributed by atoms with E-state index in [0.29, 0.717) is 18.1 Å². The van der Waals surface area contributed by atoms with E-state index < -0.39 is 0 Å². The van der Waals surface area contributed by atoms with Crippen molar-refractivity contribution < 1.29 is 4.79 Å². The summed E-state index contributed by atoms with van der Waals surface area (Å²) in [5.74, 6) is 0.379. The van der Waals surface area contributed by atoms with Gasteiger partial charge in [0.15, 0.2) is 0 Å². The quantitative estimate of drug-likeness (QED) is 0.725. The van der Waals surface area contributed by atoms with Gasteiger partial charge in [0.25, 0.3) is 5.91 Å². The van der Waals surface area contributed by atoms with Gasteiger partial charge in [-0.05, 0) is 55.1 Å². The average Bonchev–Trinajstić information content (AvgIpc) is 2.54. The molecule has 1 heterocycles. The average molecular weight is 378 g/mol. The van der Waals surface area contributed by atoms with Crippen LogP contribution in [0.15, 0.2) is 41.1 Å².